The lowest BCUT2D eigenvalue weighted by atomic mass is 10.3. The van der Waals surface area contributed by atoms with E-state index in [1.165, 1.54) is 4.88 Å². The maximum absolute atomic E-state index is 5.23. The molecule has 0 aliphatic rings. The van der Waals surface area contributed by atoms with Gasteiger partial charge in [0.25, 0.3) is 0 Å². The molecule has 0 saturated heterocycles. The first-order valence-electron chi connectivity index (χ1n) is 7.09. The first-order valence-corrected chi connectivity index (χ1v) is 7.90. The van der Waals surface area contributed by atoms with Crippen molar-refractivity contribution in [2.75, 3.05) is 6.54 Å². The first-order chi connectivity index (χ1) is 10.2. The van der Waals surface area contributed by atoms with Gasteiger partial charge in [0.15, 0.2) is 11.7 Å². The molecule has 2 aromatic heterocycles. The Labute approximate surface area is 128 Å². The largest absolute Gasteiger partial charge is 0.359 e. The topological polar surface area (TPSA) is 75.3 Å². The summed E-state index contributed by atoms with van der Waals surface area (Å²) in [5.41, 5.74) is 0.955. The molecular weight excluding hydrogens is 286 g/mol. The highest BCUT2D eigenvalue weighted by molar-refractivity contribution is 7.11. The van der Waals surface area contributed by atoms with E-state index >= 15 is 0 Å². The van der Waals surface area contributed by atoms with Crippen LogP contribution in [0.5, 0.6) is 0 Å². The third-order valence-corrected chi connectivity index (χ3v) is 3.70. The highest BCUT2D eigenvalue weighted by atomic mass is 32.1. The van der Waals surface area contributed by atoms with Crippen molar-refractivity contribution in [3.8, 4) is 0 Å². The lowest BCUT2D eigenvalue weighted by Gasteiger charge is -2.09. The Morgan fingerprint density at radius 2 is 2.24 bits per heavy atom. The minimum absolute atomic E-state index is 0.471. The molecule has 114 valence electrons. The zero-order valence-electron chi connectivity index (χ0n) is 12.6. The molecule has 2 heterocycles. The van der Waals surface area contributed by atoms with E-state index in [1.807, 2.05) is 26.1 Å². The highest BCUT2D eigenvalue weighted by Gasteiger charge is 2.04. The summed E-state index contributed by atoms with van der Waals surface area (Å²) >= 11 is 1.68. The van der Waals surface area contributed by atoms with E-state index in [2.05, 4.69) is 32.7 Å². The van der Waals surface area contributed by atoms with Crippen molar-refractivity contribution in [1.29, 1.82) is 0 Å². The lowest BCUT2D eigenvalue weighted by molar-refractivity contribution is 0.379. The molecule has 0 fully saturated rings. The van der Waals surface area contributed by atoms with Crippen molar-refractivity contribution in [2.24, 2.45) is 4.99 Å². The molecule has 7 heteroatoms. The monoisotopic (exact) mass is 307 g/mol. The molecule has 0 spiro atoms. The molecule has 6 nitrogen and oxygen atoms in total. The Balaban J connectivity index is 1.92. The molecule has 0 atom stereocenters. The van der Waals surface area contributed by atoms with Gasteiger partial charge in [-0.05, 0) is 20.3 Å². The minimum atomic E-state index is 0.471. The number of hydrogen-bond acceptors (Lipinski definition) is 5. The summed E-state index contributed by atoms with van der Waals surface area (Å²) < 4.78 is 5.23. The van der Waals surface area contributed by atoms with Crippen LogP contribution in [-0.4, -0.2) is 22.6 Å². The van der Waals surface area contributed by atoms with Gasteiger partial charge in [-0.25, -0.2) is 9.98 Å². The van der Waals surface area contributed by atoms with Crippen molar-refractivity contribution >= 4 is 17.3 Å². The summed E-state index contributed by atoms with van der Waals surface area (Å²) in [6.07, 6.45) is 2.75. The van der Waals surface area contributed by atoms with E-state index in [-0.39, 0.29) is 0 Å². The Hall–Kier alpha value is -1.89. The number of aliphatic imine (C=N–C) groups is 1. The molecule has 2 aromatic rings. The quantitative estimate of drug-likeness (QED) is 0.632. The van der Waals surface area contributed by atoms with Gasteiger partial charge in [-0.1, -0.05) is 12.1 Å². The number of guanidine groups is 1. The fraction of sp³-hybridized carbons (Fsp3) is 0.500. The van der Waals surface area contributed by atoms with Gasteiger partial charge in [-0.3, -0.25) is 0 Å². The molecule has 0 amide bonds. The first kappa shape index (κ1) is 15.5. The Bertz CT molecular complexity index is 590. The van der Waals surface area contributed by atoms with Crippen molar-refractivity contribution in [2.45, 2.75) is 40.3 Å². The van der Waals surface area contributed by atoms with Crippen LogP contribution in [0, 0.1) is 6.92 Å². The van der Waals surface area contributed by atoms with E-state index in [1.54, 1.807) is 11.3 Å². The Morgan fingerprint density at radius 1 is 1.38 bits per heavy atom. The normalized spacial score (nSPS) is 11.7. The van der Waals surface area contributed by atoms with E-state index < -0.39 is 0 Å². The number of aromatic nitrogens is 2. The van der Waals surface area contributed by atoms with Gasteiger partial charge in [0.1, 0.15) is 11.6 Å². The smallest absolute Gasteiger partial charge is 0.192 e. The Morgan fingerprint density at radius 3 is 2.86 bits per heavy atom. The highest BCUT2D eigenvalue weighted by Crippen LogP contribution is 2.10. The minimum Gasteiger partial charge on any atom is -0.359 e. The molecule has 21 heavy (non-hydrogen) atoms. The van der Waals surface area contributed by atoms with Crippen molar-refractivity contribution < 1.29 is 4.52 Å². The summed E-state index contributed by atoms with van der Waals surface area (Å²) in [5.74, 6) is 1.52. The fourth-order valence-electron chi connectivity index (χ4n) is 1.74. The van der Waals surface area contributed by atoms with Crippen LogP contribution in [0.4, 0.5) is 0 Å². The molecule has 0 aliphatic heterocycles. The average Bonchev–Trinajstić information content (AvgIpc) is 3.10. The predicted molar refractivity (Wildman–Crippen MR) is 84.4 cm³/mol. The predicted octanol–water partition coefficient (Wildman–Crippen LogP) is 2.26. The van der Waals surface area contributed by atoms with Crippen LogP contribution in [0.3, 0.4) is 0 Å². The maximum atomic E-state index is 5.23. The standard InChI is InChI=1S/C14H21N5OS/c1-4-11-6-12(20-19-11)8-17-14(15-5-2)18-9-13-16-7-10(3)21-13/h6-7H,4-5,8-9H2,1-3H3,(H2,15,17,18). The molecule has 0 aliphatic carbocycles. The molecule has 2 rings (SSSR count). The second-order valence-electron chi connectivity index (χ2n) is 4.55. The third kappa shape index (κ3) is 4.86. The summed E-state index contributed by atoms with van der Waals surface area (Å²) in [5, 5.41) is 11.5. The van der Waals surface area contributed by atoms with Gasteiger partial charge in [0.05, 0.1) is 12.2 Å². The van der Waals surface area contributed by atoms with Crippen LogP contribution >= 0.6 is 11.3 Å². The molecule has 0 bridgehead atoms. The van der Waals surface area contributed by atoms with Crippen LogP contribution in [-0.2, 0) is 19.5 Å². The van der Waals surface area contributed by atoms with Gasteiger partial charge in [-0.2, -0.15) is 0 Å². The average molecular weight is 307 g/mol. The van der Waals surface area contributed by atoms with Crippen LogP contribution in [0.25, 0.3) is 0 Å². The number of nitrogens with zero attached hydrogens (tertiary/aromatic N) is 3. The number of thiazole rings is 1. The van der Waals surface area contributed by atoms with Crippen molar-refractivity contribution in [3.05, 3.63) is 33.6 Å². The van der Waals surface area contributed by atoms with Gasteiger partial charge in [-0.15, -0.1) is 11.3 Å². The molecule has 0 unspecified atom stereocenters. The lowest BCUT2D eigenvalue weighted by Crippen LogP contribution is -2.36. The van der Waals surface area contributed by atoms with E-state index in [4.69, 9.17) is 4.52 Å². The van der Waals surface area contributed by atoms with Gasteiger partial charge >= 0.3 is 0 Å². The number of aryl methyl sites for hydroxylation is 2. The summed E-state index contributed by atoms with van der Waals surface area (Å²) in [7, 11) is 0. The number of rotatable bonds is 6. The number of nitrogens with one attached hydrogen (secondary N) is 2. The second kappa shape index (κ2) is 7.78. The zero-order valence-corrected chi connectivity index (χ0v) is 13.5. The molecule has 0 saturated carbocycles. The second-order valence-corrected chi connectivity index (χ2v) is 5.87. The van der Waals surface area contributed by atoms with Crippen LogP contribution in [0.15, 0.2) is 21.8 Å². The summed E-state index contributed by atoms with van der Waals surface area (Å²) in [4.78, 5) is 10.0. The number of hydrogen-bond donors (Lipinski definition) is 2. The molecular formula is C14H21N5OS. The fourth-order valence-corrected chi connectivity index (χ4v) is 2.46. The zero-order chi connectivity index (χ0) is 15.1. The van der Waals surface area contributed by atoms with Crippen molar-refractivity contribution in [1.82, 2.24) is 20.8 Å². The van der Waals surface area contributed by atoms with Crippen LogP contribution < -0.4 is 10.6 Å². The van der Waals surface area contributed by atoms with E-state index in [0.717, 1.165) is 35.4 Å². The molecule has 0 radical (unpaired) electrons. The van der Waals surface area contributed by atoms with E-state index in [9.17, 15) is 0 Å². The van der Waals surface area contributed by atoms with Crippen LogP contribution in [0.2, 0.25) is 0 Å². The SMILES string of the molecule is CCNC(=NCc1cc(CC)no1)NCc1ncc(C)s1. The summed E-state index contributed by atoms with van der Waals surface area (Å²) in [6.45, 7) is 8.08. The molecule has 0 aromatic carbocycles. The van der Waals surface area contributed by atoms with Gasteiger partial charge in [0, 0.05) is 23.7 Å². The van der Waals surface area contributed by atoms with Crippen molar-refractivity contribution in [3.63, 3.8) is 0 Å². The van der Waals surface area contributed by atoms with Gasteiger partial charge in [0.2, 0.25) is 0 Å². The third-order valence-electron chi connectivity index (χ3n) is 2.78. The van der Waals surface area contributed by atoms with E-state index in [0.29, 0.717) is 13.1 Å². The Kier molecular flexibility index (Phi) is 5.74. The van der Waals surface area contributed by atoms with Crippen LogP contribution in [0.1, 0.15) is 35.2 Å². The molecule has 2 N–H and O–H groups in total. The van der Waals surface area contributed by atoms with Gasteiger partial charge < -0.3 is 15.2 Å². The maximum Gasteiger partial charge on any atom is 0.192 e. The summed E-state index contributed by atoms with van der Waals surface area (Å²) in [6, 6.07) is 1.94.